The largest absolute Gasteiger partial charge is 0.308 e. The molecule has 0 bridgehead atoms. The van der Waals surface area contributed by atoms with Crippen LogP contribution in [0.5, 0.6) is 0 Å². The molecule has 0 aliphatic rings. The molecule has 0 spiro atoms. The summed E-state index contributed by atoms with van der Waals surface area (Å²) in [6.45, 7) is 15.9. The number of aromatic nitrogens is 2. The second kappa shape index (κ2) is 9.02. The Labute approximate surface area is 199 Å². The zero-order chi connectivity index (χ0) is 23.9. The van der Waals surface area contributed by atoms with Gasteiger partial charge in [-0.25, -0.2) is 0 Å². The third kappa shape index (κ3) is 4.27. The van der Waals surface area contributed by atoms with Gasteiger partial charge in [-0.2, -0.15) is 4.57 Å². The third-order valence-electron chi connectivity index (χ3n) is 6.64. The van der Waals surface area contributed by atoms with Gasteiger partial charge in [0, 0.05) is 17.3 Å². The van der Waals surface area contributed by atoms with E-state index in [1.165, 1.54) is 56.1 Å². The summed E-state index contributed by atoms with van der Waals surface area (Å²) in [6, 6.07) is 22.4. The maximum atomic E-state index is 2.51. The Kier molecular flexibility index (Phi) is 6.30. The van der Waals surface area contributed by atoms with Crippen LogP contribution in [0.3, 0.4) is 0 Å². The Morgan fingerprint density at radius 3 is 1.88 bits per heavy atom. The Balaban J connectivity index is 2.08. The molecule has 0 N–H and O–H groups in total. The smallest absolute Gasteiger partial charge is 0.229 e. The van der Waals surface area contributed by atoms with E-state index in [0.717, 1.165) is 0 Å². The summed E-state index contributed by atoms with van der Waals surface area (Å²) in [4.78, 5) is 0. The van der Waals surface area contributed by atoms with Gasteiger partial charge in [0.25, 0.3) is 0 Å². The molecule has 0 fully saturated rings. The van der Waals surface area contributed by atoms with E-state index in [4.69, 9.17) is 0 Å². The fourth-order valence-electron chi connectivity index (χ4n) is 5.01. The number of pyridine rings is 1. The molecule has 33 heavy (non-hydrogen) atoms. The quantitative estimate of drug-likeness (QED) is 0.282. The molecule has 2 aromatic heterocycles. The van der Waals surface area contributed by atoms with E-state index in [2.05, 4.69) is 132 Å². The highest BCUT2D eigenvalue weighted by molar-refractivity contribution is 5.72. The van der Waals surface area contributed by atoms with Gasteiger partial charge in [0.1, 0.15) is 12.7 Å². The Morgan fingerprint density at radius 1 is 0.727 bits per heavy atom. The maximum absolute atomic E-state index is 2.51. The van der Waals surface area contributed by atoms with Crippen molar-refractivity contribution in [1.29, 1.82) is 0 Å². The van der Waals surface area contributed by atoms with Crippen LogP contribution in [0.25, 0.3) is 28.2 Å². The van der Waals surface area contributed by atoms with Crippen molar-refractivity contribution < 1.29 is 4.57 Å². The predicted octanol–water partition coefficient (Wildman–Crippen LogP) is 7.81. The molecule has 4 aromatic rings. The lowest BCUT2D eigenvalue weighted by atomic mass is 9.88. The van der Waals surface area contributed by atoms with Gasteiger partial charge < -0.3 is 4.57 Å². The molecule has 4 rings (SSSR count). The van der Waals surface area contributed by atoms with E-state index >= 15 is 0 Å². The summed E-state index contributed by atoms with van der Waals surface area (Å²) in [5.74, 6) is 0.811. The average molecular weight is 438 g/mol. The molecule has 170 valence electrons. The summed E-state index contributed by atoms with van der Waals surface area (Å²) < 4.78 is 4.77. The third-order valence-corrected chi connectivity index (χ3v) is 6.64. The summed E-state index contributed by atoms with van der Waals surface area (Å²) in [6.07, 6.45) is 2.21. The van der Waals surface area contributed by atoms with Crippen molar-refractivity contribution >= 4 is 0 Å². The van der Waals surface area contributed by atoms with Crippen molar-refractivity contribution in [2.24, 2.45) is 7.05 Å². The lowest BCUT2D eigenvalue weighted by molar-refractivity contribution is -0.660. The van der Waals surface area contributed by atoms with Gasteiger partial charge >= 0.3 is 0 Å². The molecule has 0 radical (unpaired) electrons. The van der Waals surface area contributed by atoms with Crippen molar-refractivity contribution in [3.8, 4) is 28.2 Å². The SMILES string of the molecule is Cc1ccc(-c2c(C)cc(C)n2-c2c(C(C)C)cc(-c3ccccc3)cc2C(C)C)[n+](C)c1. The minimum absolute atomic E-state index is 0.405. The van der Waals surface area contributed by atoms with Crippen molar-refractivity contribution in [3.05, 3.63) is 94.8 Å². The Hall–Kier alpha value is -3.13. The van der Waals surface area contributed by atoms with Crippen LogP contribution >= 0.6 is 0 Å². The molecule has 0 amide bonds. The van der Waals surface area contributed by atoms with E-state index in [1.807, 2.05) is 0 Å². The number of hydrogen-bond acceptors (Lipinski definition) is 0. The molecule has 2 nitrogen and oxygen atoms in total. The fourth-order valence-corrected chi connectivity index (χ4v) is 5.01. The molecule has 0 aliphatic heterocycles. The minimum Gasteiger partial charge on any atom is -0.308 e. The highest BCUT2D eigenvalue weighted by Gasteiger charge is 2.26. The molecule has 0 atom stereocenters. The molecule has 2 heterocycles. The fraction of sp³-hybridized carbons (Fsp3) is 0.323. The number of hydrogen-bond donors (Lipinski definition) is 0. The van der Waals surface area contributed by atoms with Gasteiger partial charge in [0.05, 0.1) is 5.69 Å². The van der Waals surface area contributed by atoms with Crippen LogP contribution in [-0.4, -0.2) is 4.57 Å². The summed E-state index contributed by atoms with van der Waals surface area (Å²) in [5.41, 5.74) is 13.1. The van der Waals surface area contributed by atoms with Gasteiger partial charge in [0.2, 0.25) is 5.69 Å². The molecule has 0 unspecified atom stereocenters. The van der Waals surface area contributed by atoms with Crippen molar-refractivity contribution in [2.45, 2.75) is 60.3 Å². The van der Waals surface area contributed by atoms with Crippen LogP contribution in [0, 0.1) is 20.8 Å². The topological polar surface area (TPSA) is 8.81 Å². The highest BCUT2D eigenvalue weighted by atomic mass is 15.0. The monoisotopic (exact) mass is 437 g/mol. The Bertz CT molecular complexity index is 1260. The lowest BCUT2D eigenvalue weighted by Gasteiger charge is -2.25. The van der Waals surface area contributed by atoms with Gasteiger partial charge in [0.15, 0.2) is 6.20 Å². The Morgan fingerprint density at radius 2 is 1.33 bits per heavy atom. The molecule has 2 aromatic carbocycles. The summed E-state index contributed by atoms with van der Waals surface area (Å²) in [7, 11) is 2.15. The van der Waals surface area contributed by atoms with Gasteiger partial charge in [-0.05, 0) is 84.7 Å². The molecular weight excluding hydrogens is 400 g/mol. The molecule has 0 aliphatic carbocycles. The van der Waals surface area contributed by atoms with E-state index in [1.54, 1.807) is 0 Å². The summed E-state index contributed by atoms with van der Waals surface area (Å²) in [5, 5.41) is 0. The van der Waals surface area contributed by atoms with Crippen LogP contribution in [0.2, 0.25) is 0 Å². The van der Waals surface area contributed by atoms with Crippen LogP contribution in [-0.2, 0) is 7.05 Å². The second-order valence-electron chi connectivity index (χ2n) is 10.0. The minimum atomic E-state index is 0.405. The number of aryl methyl sites for hydroxylation is 4. The van der Waals surface area contributed by atoms with E-state index in [9.17, 15) is 0 Å². The first-order valence-corrected chi connectivity index (χ1v) is 12.1. The van der Waals surface area contributed by atoms with Crippen molar-refractivity contribution in [1.82, 2.24) is 4.57 Å². The van der Waals surface area contributed by atoms with Gasteiger partial charge in [-0.3, -0.25) is 0 Å². The number of benzene rings is 2. The normalized spacial score (nSPS) is 11.6. The maximum Gasteiger partial charge on any atom is 0.229 e. The highest BCUT2D eigenvalue weighted by Crippen LogP contribution is 2.39. The van der Waals surface area contributed by atoms with E-state index < -0.39 is 0 Å². The van der Waals surface area contributed by atoms with Crippen molar-refractivity contribution in [3.63, 3.8) is 0 Å². The summed E-state index contributed by atoms with van der Waals surface area (Å²) >= 11 is 0. The molecule has 0 saturated carbocycles. The van der Waals surface area contributed by atoms with Gasteiger partial charge in [-0.15, -0.1) is 0 Å². The van der Waals surface area contributed by atoms with Crippen LogP contribution in [0.15, 0.2) is 66.9 Å². The van der Waals surface area contributed by atoms with Crippen molar-refractivity contribution in [2.75, 3.05) is 0 Å². The van der Waals surface area contributed by atoms with Gasteiger partial charge in [-0.1, -0.05) is 58.0 Å². The zero-order valence-corrected chi connectivity index (χ0v) is 21.4. The number of rotatable bonds is 5. The standard InChI is InChI=1S/C31H37N2/c1-20(2)27-17-26(25-12-10-9-11-13-25)18-28(21(3)4)31(27)33-24(7)16-23(6)30(33)29-15-14-22(5)19-32(29)8/h9-21H,1-8H3/q+1. The average Bonchev–Trinajstić information content (AvgIpc) is 3.06. The van der Waals surface area contributed by atoms with Crippen LogP contribution in [0.1, 0.15) is 67.5 Å². The van der Waals surface area contributed by atoms with E-state index in [-0.39, 0.29) is 0 Å². The predicted molar refractivity (Wildman–Crippen MR) is 140 cm³/mol. The van der Waals surface area contributed by atoms with E-state index in [0.29, 0.717) is 11.8 Å². The zero-order valence-electron chi connectivity index (χ0n) is 21.4. The molecular formula is C31H37N2+. The first-order valence-electron chi connectivity index (χ1n) is 12.1. The first-order chi connectivity index (χ1) is 15.7. The lowest BCUT2D eigenvalue weighted by Crippen LogP contribution is -2.32. The number of nitrogens with zero attached hydrogens (tertiary/aromatic N) is 2. The second-order valence-corrected chi connectivity index (χ2v) is 10.0. The van der Waals surface area contributed by atoms with Crippen LogP contribution < -0.4 is 4.57 Å². The first kappa shape index (κ1) is 23.0. The van der Waals surface area contributed by atoms with Crippen LogP contribution in [0.4, 0.5) is 0 Å². The molecule has 2 heteroatoms. The molecule has 0 saturated heterocycles.